The maximum absolute atomic E-state index is 11.4. The van der Waals surface area contributed by atoms with E-state index in [4.69, 9.17) is 5.73 Å². The Morgan fingerprint density at radius 1 is 1.25 bits per heavy atom. The molecule has 0 bridgehead atoms. The number of ketones is 1. The van der Waals surface area contributed by atoms with Gasteiger partial charge in [-0.25, -0.2) is 0 Å². The van der Waals surface area contributed by atoms with Crippen molar-refractivity contribution in [3.63, 3.8) is 0 Å². The molecule has 0 aliphatic rings. The molecule has 0 aliphatic heterocycles. The average molecular weight is 230 g/mol. The Morgan fingerprint density at radius 2 is 1.81 bits per heavy atom. The van der Waals surface area contributed by atoms with Gasteiger partial charge in [0.25, 0.3) is 0 Å². The summed E-state index contributed by atoms with van der Waals surface area (Å²) in [4.78, 5) is 11.4. The first kappa shape index (κ1) is 18.0. The number of Topliss-reactive ketones (excluding diaryl/α,β-unsaturated/α-hetero) is 1. The molecule has 1 unspecified atom stereocenters. The summed E-state index contributed by atoms with van der Waals surface area (Å²) in [5, 5.41) is 3.25. The third-order valence-electron chi connectivity index (χ3n) is 2.30. The van der Waals surface area contributed by atoms with Gasteiger partial charge >= 0.3 is 0 Å². The summed E-state index contributed by atoms with van der Waals surface area (Å²) in [6.07, 6.45) is 2.96. The number of nitrogens with two attached hydrogens (primary N) is 1. The van der Waals surface area contributed by atoms with Crippen LogP contribution < -0.4 is 11.1 Å². The van der Waals surface area contributed by atoms with Crippen molar-refractivity contribution in [3.05, 3.63) is 0 Å². The molecule has 16 heavy (non-hydrogen) atoms. The SMILES string of the molecule is CC.CCNCCCCC(N)C(=O)C(C)C. The minimum Gasteiger partial charge on any atom is -0.321 e. The summed E-state index contributed by atoms with van der Waals surface area (Å²) >= 11 is 0. The van der Waals surface area contributed by atoms with Crippen LogP contribution in [0.15, 0.2) is 0 Å². The molecular formula is C13H30N2O. The molecular weight excluding hydrogens is 200 g/mol. The van der Waals surface area contributed by atoms with Crippen LogP contribution in [0.2, 0.25) is 0 Å². The fourth-order valence-corrected chi connectivity index (χ4v) is 1.36. The largest absolute Gasteiger partial charge is 0.321 e. The second-order valence-electron chi connectivity index (χ2n) is 4.01. The number of unbranched alkanes of at least 4 members (excludes halogenated alkanes) is 1. The summed E-state index contributed by atoms with van der Waals surface area (Å²) in [6.45, 7) is 11.9. The predicted molar refractivity (Wildman–Crippen MR) is 71.6 cm³/mol. The van der Waals surface area contributed by atoms with Crippen molar-refractivity contribution in [1.82, 2.24) is 5.32 Å². The summed E-state index contributed by atoms with van der Waals surface area (Å²) in [7, 11) is 0. The van der Waals surface area contributed by atoms with Crippen LogP contribution in [0.5, 0.6) is 0 Å². The van der Waals surface area contributed by atoms with Crippen molar-refractivity contribution in [3.8, 4) is 0 Å². The lowest BCUT2D eigenvalue weighted by molar-refractivity contribution is -0.123. The normalized spacial score (nSPS) is 11.9. The molecule has 0 aliphatic carbocycles. The molecule has 1 atom stereocenters. The highest BCUT2D eigenvalue weighted by molar-refractivity contribution is 5.85. The molecule has 3 heteroatoms. The van der Waals surface area contributed by atoms with Crippen molar-refractivity contribution < 1.29 is 4.79 Å². The van der Waals surface area contributed by atoms with E-state index in [0.29, 0.717) is 0 Å². The molecule has 0 amide bonds. The van der Waals surface area contributed by atoms with Crippen LogP contribution in [0, 0.1) is 5.92 Å². The van der Waals surface area contributed by atoms with Gasteiger partial charge in [-0.05, 0) is 25.9 Å². The third-order valence-corrected chi connectivity index (χ3v) is 2.30. The highest BCUT2D eigenvalue weighted by Gasteiger charge is 2.15. The number of rotatable bonds is 8. The Morgan fingerprint density at radius 3 is 2.25 bits per heavy atom. The lowest BCUT2D eigenvalue weighted by Crippen LogP contribution is -2.33. The van der Waals surface area contributed by atoms with Gasteiger partial charge in [-0.15, -0.1) is 0 Å². The Kier molecular flexibility index (Phi) is 14.2. The van der Waals surface area contributed by atoms with Crippen LogP contribution in [0.4, 0.5) is 0 Å². The van der Waals surface area contributed by atoms with Crippen LogP contribution in [-0.4, -0.2) is 24.9 Å². The van der Waals surface area contributed by atoms with E-state index >= 15 is 0 Å². The zero-order valence-corrected chi connectivity index (χ0v) is 11.7. The second kappa shape index (κ2) is 12.7. The highest BCUT2D eigenvalue weighted by atomic mass is 16.1. The lowest BCUT2D eigenvalue weighted by Gasteiger charge is -2.12. The summed E-state index contributed by atoms with van der Waals surface area (Å²) < 4.78 is 0. The first-order valence-corrected chi connectivity index (χ1v) is 6.59. The smallest absolute Gasteiger partial charge is 0.152 e. The van der Waals surface area contributed by atoms with Gasteiger partial charge in [0.2, 0.25) is 0 Å². The van der Waals surface area contributed by atoms with Crippen molar-refractivity contribution in [1.29, 1.82) is 0 Å². The number of hydrogen-bond donors (Lipinski definition) is 2. The lowest BCUT2D eigenvalue weighted by atomic mass is 9.98. The van der Waals surface area contributed by atoms with Crippen molar-refractivity contribution in [2.45, 2.75) is 59.9 Å². The third kappa shape index (κ3) is 10.1. The first-order valence-electron chi connectivity index (χ1n) is 6.59. The number of carbonyl (C=O) groups excluding carboxylic acids is 1. The molecule has 0 aromatic heterocycles. The van der Waals surface area contributed by atoms with E-state index in [2.05, 4.69) is 12.2 Å². The predicted octanol–water partition coefficient (Wildman–Crippen LogP) is 2.34. The molecule has 0 rings (SSSR count). The van der Waals surface area contributed by atoms with Gasteiger partial charge in [0.1, 0.15) is 0 Å². The van der Waals surface area contributed by atoms with E-state index in [-0.39, 0.29) is 17.7 Å². The highest BCUT2D eigenvalue weighted by Crippen LogP contribution is 2.05. The van der Waals surface area contributed by atoms with Gasteiger partial charge in [-0.1, -0.05) is 41.0 Å². The molecule has 0 fully saturated rings. The standard InChI is InChI=1S/C11H24N2O.C2H6/c1-4-13-8-6-5-7-10(12)11(14)9(2)3;1-2/h9-10,13H,4-8,12H2,1-3H3;1-2H3. The minimum atomic E-state index is -0.253. The molecule has 0 aromatic rings. The molecule has 0 saturated heterocycles. The maximum atomic E-state index is 11.4. The number of carbonyl (C=O) groups is 1. The molecule has 3 nitrogen and oxygen atoms in total. The van der Waals surface area contributed by atoms with E-state index in [9.17, 15) is 4.79 Å². The van der Waals surface area contributed by atoms with Gasteiger partial charge in [0, 0.05) is 5.92 Å². The van der Waals surface area contributed by atoms with E-state index < -0.39 is 0 Å². The van der Waals surface area contributed by atoms with E-state index in [1.165, 1.54) is 0 Å². The van der Waals surface area contributed by atoms with E-state index in [1.807, 2.05) is 27.7 Å². The van der Waals surface area contributed by atoms with E-state index in [0.717, 1.165) is 32.4 Å². The van der Waals surface area contributed by atoms with Crippen LogP contribution in [0.3, 0.4) is 0 Å². The molecule has 3 N–H and O–H groups in total. The number of hydrogen-bond acceptors (Lipinski definition) is 3. The molecule has 0 heterocycles. The summed E-state index contributed by atoms with van der Waals surface area (Å²) in [5.74, 6) is 0.257. The Balaban J connectivity index is 0. The topological polar surface area (TPSA) is 55.1 Å². The average Bonchev–Trinajstić information content (AvgIpc) is 2.30. The minimum absolute atomic E-state index is 0.0683. The molecule has 0 saturated carbocycles. The second-order valence-corrected chi connectivity index (χ2v) is 4.01. The zero-order valence-electron chi connectivity index (χ0n) is 11.7. The van der Waals surface area contributed by atoms with Gasteiger partial charge in [0.15, 0.2) is 5.78 Å². The Labute approximate surface area is 101 Å². The Bertz CT molecular complexity index is 158. The van der Waals surface area contributed by atoms with Crippen LogP contribution >= 0.6 is 0 Å². The maximum Gasteiger partial charge on any atom is 0.152 e. The van der Waals surface area contributed by atoms with Crippen molar-refractivity contribution >= 4 is 5.78 Å². The fourth-order valence-electron chi connectivity index (χ4n) is 1.36. The van der Waals surface area contributed by atoms with Gasteiger partial charge in [-0.2, -0.15) is 0 Å². The van der Waals surface area contributed by atoms with Gasteiger partial charge in [0.05, 0.1) is 6.04 Å². The number of nitrogens with one attached hydrogen (secondary N) is 1. The van der Waals surface area contributed by atoms with Gasteiger partial charge < -0.3 is 11.1 Å². The summed E-state index contributed by atoms with van der Waals surface area (Å²) in [5.41, 5.74) is 5.76. The van der Waals surface area contributed by atoms with Crippen molar-refractivity contribution in [2.24, 2.45) is 11.7 Å². The first-order chi connectivity index (χ1) is 7.59. The quantitative estimate of drug-likeness (QED) is 0.629. The zero-order chi connectivity index (χ0) is 13.0. The van der Waals surface area contributed by atoms with Crippen molar-refractivity contribution in [2.75, 3.05) is 13.1 Å². The van der Waals surface area contributed by atoms with Gasteiger partial charge in [-0.3, -0.25) is 4.79 Å². The molecule has 98 valence electrons. The monoisotopic (exact) mass is 230 g/mol. The molecule has 0 aromatic carbocycles. The fraction of sp³-hybridized carbons (Fsp3) is 0.923. The van der Waals surface area contributed by atoms with E-state index in [1.54, 1.807) is 0 Å². The molecule has 0 spiro atoms. The van der Waals surface area contributed by atoms with Crippen LogP contribution in [0.25, 0.3) is 0 Å². The Hall–Kier alpha value is -0.410. The van der Waals surface area contributed by atoms with Crippen LogP contribution in [-0.2, 0) is 4.79 Å². The van der Waals surface area contributed by atoms with Crippen LogP contribution in [0.1, 0.15) is 53.9 Å². The summed E-state index contributed by atoms with van der Waals surface area (Å²) in [6, 6.07) is -0.253. The molecule has 0 radical (unpaired) electrons.